The van der Waals surface area contributed by atoms with Crippen molar-refractivity contribution in [1.82, 2.24) is 24.4 Å². The van der Waals surface area contributed by atoms with E-state index in [0.29, 0.717) is 31.0 Å². The Bertz CT molecular complexity index is 949. The summed E-state index contributed by atoms with van der Waals surface area (Å²) in [4.78, 5) is 4.52. The summed E-state index contributed by atoms with van der Waals surface area (Å²) < 4.78 is 3.20. The maximum absolute atomic E-state index is 9.42. The van der Waals surface area contributed by atoms with Gasteiger partial charge in [-0.2, -0.15) is 20.0 Å². The number of rotatable bonds is 6. The monoisotopic (exact) mass is 340 g/mol. The largest absolute Gasteiger partial charge is 0.394 e. The first-order valence-electron chi connectivity index (χ1n) is 7.97. The lowest BCUT2D eigenvalue weighted by Crippen LogP contribution is -2.13. The molecule has 25 heavy (non-hydrogen) atoms. The molecule has 0 amide bonds. The average Bonchev–Trinajstić information content (AvgIpc) is 3.15. The molecular formula is C16H20N8O. The van der Waals surface area contributed by atoms with Crippen molar-refractivity contribution in [3.05, 3.63) is 34.8 Å². The van der Waals surface area contributed by atoms with Gasteiger partial charge in [-0.1, -0.05) is 0 Å². The molecule has 3 heterocycles. The average molecular weight is 340 g/mol. The lowest BCUT2D eigenvalue weighted by Gasteiger charge is -2.10. The third-order valence-corrected chi connectivity index (χ3v) is 4.08. The lowest BCUT2D eigenvalue weighted by atomic mass is 10.2. The van der Waals surface area contributed by atoms with E-state index in [1.165, 1.54) is 4.52 Å². The zero-order valence-corrected chi connectivity index (χ0v) is 14.2. The summed E-state index contributed by atoms with van der Waals surface area (Å²) >= 11 is 0. The first kappa shape index (κ1) is 16.7. The second-order valence-corrected chi connectivity index (χ2v) is 5.75. The van der Waals surface area contributed by atoms with Crippen LogP contribution in [0.1, 0.15) is 22.5 Å². The molecule has 0 unspecified atom stereocenters. The predicted octanol–water partition coefficient (Wildman–Crippen LogP) is 0.643. The number of aliphatic hydroxyl groups is 1. The molecule has 0 aliphatic carbocycles. The van der Waals surface area contributed by atoms with Gasteiger partial charge >= 0.3 is 0 Å². The molecule has 0 radical (unpaired) electrons. The van der Waals surface area contributed by atoms with Crippen molar-refractivity contribution in [3.63, 3.8) is 0 Å². The normalized spacial score (nSPS) is 11.0. The van der Waals surface area contributed by atoms with Crippen molar-refractivity contribution in [1.29, 1.82) is 5.26 Å². The van der Waals surface area contributed by atoms with Crippen molar-refractivity contribution in [3.8, 4) is 6.07 Å². The number of nitrogens with one attached hydrogen (secondary N) is 1. The molecule has 9 heteroatoms. The number of nitriles is 1. The van der Waals surface area contributed by atoms with Gasteiger partial charge in [0.15, 0.2) is 5.65 Å². The highest BCUT2D eigenvalue weighted by Gasteiger charge is 2.16. The minimum absolute atomic E-state index is 0.0538. The van der Waals surface area contributed by atoms with Gasteiger partial charge in [-0.3, -0.25) is 4.68 Å². The number of nitrogens with two attached hydrogens (primary N) is 1. The fourth-order valence-electron chi connectivity index (χ4n) is 2.59. The van der Waals surface area contributed by atoms with E-state index >= 15 is 0 Å². The summed E-state index contributed by atoms with van der Waals surface area (Å²) in [7, 11) is 0. The molecule has 3 aromatic heterocycles. The van der Waals surface area contributed by atoms with E-state index in [1.54, 1.807) is 4.68 Å². The van der Waals surface area contributed by atoms with Gasteiger partial charge in [0, 0.05) is 24.7 Å². The van der Waals surface area contributed by atoms with Crippen LogP contribution in [0, 0.1) is 25.2 Å². The molecule has 4 N–H and O–H groups in total. The molecule has 130 valence electrons. The molecular weight excluding hydrogens is 320 g/mol. The van der Waals surface area contributed by atoms with Crippen LogP contribution in [0.3, 0.4) is 0 Å². The number of aryl methyl sites for hydroxylation is 2. The molecule has 0 aliphatic heterocycles. The minimum Gasteiger partial charge on any atom is -0.394 e. The van der Waals surface area contributed by atoms with Crippen LogP contribution in [0.2, 0.25) is 0 Å². The van der Waals surface area contributed by atoms with Gasteiger partial charge in [-0.05, 0) is 19.9 Å². The van der Waals surface area contributed by atoms with Crippen LogP contribution in [-0.2, 0) is 13.0 Å². The number of nitrogens with zero attached hydrogens (tertiary/aromatic N) is 6. The third-order valence-electron chi connectivity index (χ3n) is 4.08. The SMILES string of the molecule is Cc1nn2c(N)c(C#N)c(NCCc3ccn(CCO)n3)nc2c1C. The number of nitrogen functional groups attached to an aromatic ring is 1. The number of fused-ring (bicyclic) bond motifs is 1. The molecule has 0 aromatic carbocycles. The second kappa shape index (κ2) is 6.78. The van der Waals surface area contributed by atoms with E-state index in [0.717, 1.165) is 17.0 Å². The highest BCUT2D eigenvalue weighted by Crippen LogP contribution is 2.24. The molecule has 0 saturated heterocycles. The zero-order chi connectivity index (χ0) is 18.0. The van der Waals surface area contributed by atoms with Gasteiger partial charge in [-0.25, -0.2) is 4.98 Å². The number of hydrogen-bond donors (Lipinski definition) is 3. The van der Waals surface area contributed by atoms with Gasteiger partial charge in [0.2, 0.25) is 0 Å². The molecule has 0 fully saturated rings. The van der Waals surface area contributed by atoms with Crippen LogP contribution in [0.25, 0.3) is 5.65 Å². The quantitative estimate of drug-likeness (QED) is 0.600. The zero-order valence-electron chi connectivity index (χ0n) is 14.2. The van der Waals surface area contributed by atoms with Crippen LogP contribution < -0.4 is 11.1 Å². The van der Waals surface area contributed by atoms with Crippen molar-refractivity contribution in [2.24, 2.45) is 0 Å². The lowest BCUT2D eigenvalue weighted by molar-refractivity contribution is 0.269. The maximum Gasteiger partial charge on any atom is 0.162 e. The van der Waals surface area contributed by atoms with Gasteiger partial charge in [-0.15, -0.1) is 0 Å². The van der Waals surface area contributed by atoms with Crippen LogP contribution in [0.15, 0.2) is 12.3 Å². The van der Waals surface area contributed by atoms with E-state index in [-0.39, 0.29) is 18.0 Å². The fourth-order valence-corrected chi connectivity index (χ4v) is 2.59. The Kier molecular flexibility index (Phi) is 4.54. The minimum atomic E-state index is 0.0538. The van der Waals surface area contributed by atoms with E-state index in [2.05, 4.69) is 26.6 Å². The summed E-state index contributed by atoms with van der Waals surface area (Å²) in [5.74, 6) is 0.726. The Morgan fingerprint density at radius 1 is 1.36 bits per heavy atom. The molecule has 9 nitrogen and oxygen atoms in total. The van der Waals surface area contributed by atoms with Gasteiger partial charge in [0.05, 0.1) is 24.5 Å². The first-order chi connectivity index (χ1) is 12.0. The Morgan fingerprint density at radius 2 is 2.16 bits per heavy atom. The van der Waals surface area contributed by atoms with Gasteiger partial charge in [0.25, 0.3) is 0 Å². The standard InChI is InChI=1S/C16H20N8O/c1-10-11(2)21-24-14(18)13(9-17)15(20-16(10)24)19-5-3-12-4-6-23(22-12)7-8-25/h4,6,25H,3,5,7-8,18H2,1-2H3,(H,19,20). The van der Waals surface area contributed by atoms with Crippen LogP contribution in [0.4, 0.5) is 11.6 Å². The molecule has 0 aliphatic rings. The molecule has 3 aromatic rings. The molecule has 0 bridgehead atoms. The number of aromatic nitrogens is 5. The number of aliphatic hydroxyl groups excluding tert-OH is 1. The van der Waals surface area contributed by atoms with Crippen molar-refractivity contribution < 1.29 is 5.11 Å². The van der Waals surface area contributed by atoms with Gasteiger partial charge < -0.3 is 16.2 Å². The Balaban J connectivity index is 1.80. The van der Waals surface area contributed by atoms with E-state index in [9.17, 15) is 5.26 Å². The second-order valence-electron chi connectivity index (χ2n) is 5.75. The van der Waals surface area contributed by atoms with Crippen molar-refractivity contribution >= 4 is 17.3 Å². The Labute approximate surface area is 144 Å². The highest BCUT2D eigenvalue weighted by molar-refractivity contribution is 5.69. The number of anilines is 2. The molecule has 0 atom stereocenters. The highest BCUT2D eigenvalue weighted by atomic mass is 16.3. The van der Waals surface area contributed by atoms with E-state index in [4.69, 9.17) is 10.8 Å². The third kappa shape index (κ3) is 3.12. The fraction of sp³-hybridized carbons (Fsp3) is 0.375. The number of hydrogen-bond acceptors (Lipinski definition) is 7. The Morgan fingerprint density at radius 3 is 2.88 bits per heavy atom. The first-order valence-corrected chi connectivity index (χ1v) is 7.97. The van der Waals surface area contributed by atoms with Crippen LogP contribution in [-0.4, -0.2) is 42.6 Å². The maximum atomic E-state index is 9.42. The predicted molar refractivity (Wildman–Crippen MR) is 93.1 cm³/mol. The summed E-state index contributed by atoms with van der Waals surface area (Å²) in [5.41, 5.74) is 9.67. The Hall–Kier alpha value is -3.12. The van der Waals surface area contributed by atoms with E-state index < -0.39 is 0 Å². The van der Waals surface area contributed by atoms with E-state index in [1.807, 2.05) is 26.1 Å². The van der Waals surface area contributed by atoms with Crippen LogP contribution >= 0.6 is 0 Å². The van der Waals surface area contributed by atoms with Crippen molar-refractivity contribution in [2.75, 3.05) is 24.2 Å². The molecule has 0 spiro atoms. The summed E-state index contributed by atoms with van der Waals surface area (Å²) in [6.07, 6.45) is 2.49. The summed E-state index contributed by atoms with van der Waals surface area (Å²) in [6, 6.07) is 4.00. The topological polar surface area (TPSA) is 130 Å². The van der Waals surface area contributed by atoms with Crippen LogP contribution in [0.5, 0.6) is 0 Å². The summed E-state index contributed by atoms with van der Waals surface area (Å²) in [6.45, 7) is 4.89. The smallest absolute Gasteiger partial charge is 0.162 e. The van der Waals surface area contributed by atoms with Gasteiger partial charge in [0.1, 0.15) is 23.3 Å². The molecule has 3 rings (SSSR count). The van der Waals surface area contributed by atoms with Crippen molar-refractivity contribution in [2.45, 2.75) is 26.8 Å². The molecule has 0 saturated carbocycles. The summed E-state index contributed by atoms with van der Waals surface area (Å²) in [5, 5.41) is 30.2.